The molecule has 0 aliphatic carbocycles. The Bertz CT molecular complexity index is 390. The molecule has 1 aromatic heterocycles. The minimum Gasteiger partial charge on any atom is -0.383 e. The quantitative estimate of drug-likeness (QED) is 0.870. The first-order valence-corrected chi connectivity index (χ1v) is 6.22. The number of amides is 1. The molecule has 0 fully saturated rings. The number of nitrogens with one attached hydrogen (secondary N) is 1. The first-order chi connectivity index (χ1) is 7.95. The smallest absolute Gasteiger partial charge is 0.265 e. The van der Waals surface area contributed by atoms with Crippen molar-refractivity contribution in [1.82, 2.24) is 9.88 Å². The highest BCUT2D eigenvalue weighted by molar-refractivity contribution is 7.17. The van der Waals surface area contributed by atoms with Gasteiger partial charge in [0.2, 0.25) is 0 Å². The van der Waals surface area contributed by atoms with Crippen LogP contribution in [0, 0.1) is 6.92 Å². The van der Waals surface area contributed by atoms with Crippen LogP contribution in [-0.4, -0.2) is 49.6 Å². The lowest BCUT2D eigenvalue weighted by molar-refractivity contribution is 0.0831. The predicted molar refractivity (Wildman–Crippen MR) is 69.8 cm³/mol. The number of hydrogen-bond donors (Lipinski definition) is 1. The summed E-state index contributed by atoms with van der Waals surface area (Å²) in [6, 6.07) is 0.174. The van der Waals surface area contributed by atoms with E-state index in [1.165, 1.54) is 11.3 Å². The number of hydrogen-bond acceptors (Lipinski definition) is 5. The molecule has 0 saturated heterocycles. The highest BCUT2D eigenvalue weighted by atomic mass is 32.1. The van der Waals surface area contributed by atoms with Gasteiger partial charge in [0.15, 0.2) is 5.13 Å². The number of nitrogens with zero attached hydrogens (tertiary/aromatic N) is 2. The van der Waals surface area contributed by atoms with Crippen molar-refractivity contribution in [3.63, 3.8) is 0 Å². The van der Waals surface area contributed by atoms with E-state index in [0.717, 1.165) is 10.8 Å². The van der Waals surface area contributed by atoms with Crippen molar-refractivity contribution in [2.45, 2.75) is 19.9 Å². The maximum Gasteiger partial charge on any atom is 0.265 e. The molecule has 6 heteroatoms. The van der Waals surface area contributed by atoms with Crippen molar-refractivity contribution in [2.75, 3.05) is 33.1 Å². The Balaban J connectivity index is 2.78. The molecular weight excluding hydrogens is 238 g/mol. The van der Waals surface area contributed by atoms with Crippen LogP contribution in [0.25, 0.3) is 0 Å². The minimum absolute atomic E-state index is 0.00700. The van der Waals surface area contributed by atoms with E-state index in [4.69, 9.17) is 4.74 Å². The van der Waals surface area contributed by atoms with Crippen molar-refractivity contribution < 1.29 is 9.53 Å². The summed E-state index contributed by atoms with van der Waals surface area (Å²) in [4.78, 5) is 18.4. The number of aryl methyl sites for hydroxylation is 1. The Hall–Kier alpha value is -1.14. The summed E-state index contributed by atoms with van der Waals surface area (Å²) in [7, 11) is 5.14. The van der Waals surface area contributed by atoms with Gasteiger partial charge in [-0.2, -0.15) is 0 Å². The monoisotopic (exact) mass is 257 g/mol. The van der Waals surface area contributed by atoms with Crippen LogP contribution in [0.4, 0.5) is 5.13 Å². The molecule has 1 amide bonds. The summed E-state index contributed by atoms with van der Waals surface area (Å²) in [6.45, 7) is 4.46. The largest absolute Gasteiger partial charge is 0.383 e. The van der Waals surface area contributed by atoms with Crippen molar-refractivity contribution in [3.8, 4) is 0 Å². The summed E-state index contributed by atoms with van der Waals surface area (Å²) in [5.41, 5.74) is 0.765. The zero-order valence-corrected chi connectivity index (χ0v) is 11.7. The van der Waals surface area contributed by atoms with Gasteiger partial charge in [-0.15, -0.1) is 0 Å². The molecule has 1 heterocycles. The topological polar surface area (TPSA) is 54.5 Å². The van der Waals surface area contributed by atoms with Crippen LogP contribution >= 0.6 is 11.3 Å². The maximum absolute atomic E-state index is 11.8. The number of anilines is 1. The van der Waals surface area contributed by atoms with Crippen LogP contribution in [-0.2, 0) is 4.74 Å². The second-order valence-electron chi connectivity index (χ2n) is 4.13. The fraction of sp³-hybridized carbons (Fsp3) is 0.636. The van der Waals surface area contributed by atoms with Gasteiger partial charge in [-0.3, -0.25) is 4.79 Å². The van der Waals surface area contributed by atoms with E-state index in [-0.39, 0.29) is 11.9 Å². The number of ether oxygens (including phenoxy) is 1. The van der Waals surface area contributed by atoms with E-state index < -0.39 is 0 Å². The van der Waals surface area contributed by atoms with Crippen LogP contribution in [0.15, 0.2) is 0 Å². The second kappa shape index (κ2) is 5.97. The van der Waals surface area contributed by atoms with Crippen LogP contribution in [0.1, 0.15) is 22.3 Å². The lowest BCUT2D eigenvalue weighted by Crippen LogP contribution is -2.21. The minimum atomic E-state index is -0.00700. The SMILES string of the molecule is COC[C@@H](C)Nc1nc(C)c(C(=O)N(C)C)s1. The van der Waals surface area contributed by atoms with Gasteiger partial charge in [-0.25, -0.2) is 4.98 Å². The first kappa shape index (κ1) is 13.9. The predicted octanol–water partition coefficient (Wildman–Crippen LogP) is 1.60. The van der Waals surface area contributed by atoms with E-state index in [1.54, 1.807) is 26.1 Å². The van der Waals surface area contributed by atoms with Gasteiger partial charge in [0.25, 0.3) is 5.91 Å². The summed E-state index contributed by atoms with van der Waals surface area (Å²) in [5, 5.41) is 3.97. The second-order valence-corrected chi connectivity index (χ2v) is 5.13. The molecule has 0 radical (unpaired) electrons. The van der Waals surface area contributed by atoms with Crippen LogP contribution in [0.3, 0.4) is 0 Å². The molecule has 1 aromatic rings. The average molecular weight is 257 g/mol. The fourth-order valence-corrected chi connectivity index (χ4v) is 2.46. The molecule has 1 atom stereocenters. The normalized spacial score (nSPS) is 12.3. The molecule has 96 valence electrons. The van der Waals surface area contributed by atoms with E-state index in [9.17, 15) is 4.79 Å². The molecule has 17 heavy (non-hydrogen) atoms. The lowest BCUT2D eigenvalue weighted by Gasteiger charge is -2.10. The van der Waals surface area contributed by atoms with Gasteiger partial charge in [0, 0.05) is 27.2 Å². The van der Waals surface area contributed by atoms with Gasteiger partial charge in [0.05, 0.1) is 12.3 Å². The summed E-state index contributed by atoms with van der Waals surface area (Å²) >= 11 is 1.38. The van der Waals surface area contributed by atoms with Crippen LogP contribution < -0.4 is 5.32 Å². The molecular formula is C11H19N3O2S. The Kier molecular flexibility index (Phi) is 4.89. The van der Waals surface area contributed by atoms with Gasteiger partial charge in [-0.1, -0.05) is 11.3 Å². The molecule has 0 spiro atoms. The van der Waals surface area contributed by atoms with Gasteiger partial charge < -0.3 is 15.0 Å². The highest BCUT2D eigenvalue weighted by Crippen LogP contribution is 2.24. The zero-order valence-electron chi connectivity index (χ0n) is 10.9. The molecule has 5 nitrogen and oxygen atoms in total. The van der Waals surface area contributed by atoms with Gasteiger partial charge in [0.1, 0.15) is 4.88 Å². The molecule has 0 aliphatic heterocycles. The third kappa shape index (κ3) is 3.67. The van der Waals surface area contributed by atoms with Gasteiger partial charge in [-0.05, 0) is 13.8 Å². The Morgan fingerprint density at radius 3 is 2.76 bits per heavy atom. The number of carbonyl (C=O) groups excluding carboxylic acids is 1. The third-order valence-electron chi connectivity index (χ3n) is 2.18. The third-order valence-corrected chi connectivity index (χ3v) is 3.26. The molecule has 0 aliphatic rings. The van der Waals surface area contributed by atoms with E-state index >= 15 is 0 Å². The summed E-state index contributed by atoms with van der Waals surface area (Å²) < 4.78 is 5.04. The summed E-state index contributed by atoms with van der Waals surface area (Å²) in [6.07, 6.45) is 0. The number of carbonyl (C=O) groups is 1. The number of rotatable bonds is 5. The Morgan fingerprint density at radius 2 is 2.24 bits per heavy atom. The van der Waals surface area contributed by atoms with Crippen molar-refractivity contribution in [1.29, 1.82) is 0 Å². The lowest BCUT2D eigenvalue weighted by atomic mass is 10.3. The highest BCUT2D eigenvalue weighted by Gasteiger charge is 2.17. The maximum atomic E-state index is 11.8. The number of aromatic nitrogens is 1. The van der Waals surface area contributed by atoms with Crippen molar-refractivity contribution in [2.24, 2.45) is 0 Å². The molecule has 1 N–H and O–H groups in total. The van der Waals surface area contributed by atoms with Crippen molar-refractivity contribution >= 4 is 22.4 Å². The van der Waals surface area contributed by atoms with Crippen molar-refractivity contribution in [3.05, 3.63) is 10.6 Å². The standard InChI is InChI=1S/C11H19N3O2S/c1-7(6-16-5)12-11-13-8(2)9(17-11)10(15)14(3)4/h7H,6H2,1-5H3,(H,12,13)/t7-/m1/s1. The average Bonchev–Trinajstić information content (AvgIpc) is 2.58. The molecule has 0 saturated carbocycles. The van der Waals surface area contributed by atoms with E-state index in [0.29, 0.717) is 11.5 Å². The summed E-state index contributed by atoms with van der Waals surface area (Å²) in [5.74, 6) is -0.00700. The fourth-order valence-electron chi connectivity index (χ4n) is 1.36. The Morgan fingerprint density at radius 1 is 1.59 bits per heavy atom. The molecule has 1 rings (SSSR count). The number of thiazole rings is 1. The molecule has 0 unspecified atom stereocenters. The van der Waals surface area contributed by atoms with Gasteiger partial charge >= 0.3 is 0 Å². The van der Waals surface area contributed by atoms with E-state index in [2.05, 4.69) is 10.3 Å². The van der Waals surface area contributed by atoms with E-state index in [1.807, 2.05) is 13.8 Å². The van der Waals surface area contributed by atoms with Crippen LogP contribution in [0.5, 0.6) is 0 Å². The van der Waals surface area contributed by atoms with Crippen LogP contribution in [0.2, 0.25) is 0 Å². The zero-order chi connectivity index (χ0) is 13.0. The number of methoxy groups -OCH3 is 1. The first-order valence-electron chi connectivity index (χ1n) is 5.40. The Labute approximate surface area is 106 Å². The molecule has 0 bridgehead atoms. The molecule has 0 aromatic carbocycles.